The summed E-state index contributed by atoms with van der Waals surface area (Å²) in [7, 11) is -3.25. The molecule has 6 heteroatoms. The minimum absolute atomic E-state index is 0.544. The van der Waals surface area contributed by atoms with E-state index in [2.05, 4.69) is 9.71 Å². The van der Waals surface area contributed by atoms with Crippen molar-refractivity contribution in [2.45, 2.75) is 6.92 Å². The Bertz CT molecular complexity index is 896. The maximum Gasteiger partial charge on any atom is 0.229 e. The van der Waals surface area contributed by atoms with E-state index >= 15 is 0 Å². The van der Waals surface area contributed by atoms with E-state index in [-0.39, 0.29) is 0 Å². The van der Waals surface area contributed by atoms with Crippen molar-refractivity contribution >= 4 is 21.4 Å². The number of pyridine rings is 1. The third-order valence-electron chi connectivity index (χ3n) is 3.23. The highest BCUT2D eigenvalue weighted by atomic mass is 32.2. The van der Waals surface area contributed by atoms with Crippen LogP contribution in [0.4, 0.5) is 5.69 Å². The van der Waals surface area contributed by atoms with Gasteiger partial charge in [-0.3, -0.25) is 4.72 Å². The second-order valence-electron chi connectivity index (χ2n) is 4.93. The van der Waals surface area contributed by atoms with Crippen LogP contribution in [0, 0.1) is 6.92 Å². The monoisotopic (exact) mass is 301 g/mol. The lowest BCUT2D eigenvalue weighted by Crippen LogP contribution is -2.09. The zero-order valence-corrected chi connectivity index (χ0v) is 12.6. The molecule has 1 N–H and O–H groups in total. The van der Waals surface area contributed by atoms with Gasteiger partial charge in [0.05, 0.1) is 11.9 Å². The van der Waals surface area contributed by atoms with Crippen LogP contribution in [0.25, 0.3) is 16.9 Å². The lowest BCUT2D eigenvalue weighted by molar-refractivity contribution is 0.607. The molecule has 0 radical (unpaired) electrons. The third-order valence-corrected chi connectivity index (χ3v) is 3.84. The first-order valence-electron chi connectivity index (χ1n) is 6.46. The third kappa shape index (κ3) is 2.75. The lowest BCUT2D eigenvalue weighted by atomic mass is 10.1. The van der Waals surface area contributed by atoms with Crippen LogP contribution >= 0.6 is 0 Å². The van der Waals surface area contributed by atoms with E-state index in [0.29, 0.717) is 5.69 Å². The number of aryl methyl sites for hydroxylation is 1. The predicted octanol–water partition coefficient (Wildman–Crippen LogP) is 2.68. The van der Waals surface area contributed by atoms with Gasteiger partial charge in [0.1, 0.15) is 5.65 Å². The first-order valence-corrected chi connectivity index (χ1v) is 8.35. The minimum Gasteiger partial charge on any atom is -0.304 e. The van der Waals surface area contributed by atoms with E-state index in [4.69, 9.17) is 0 Å². The zero-order valence-electron chi connectivity index (χ0n) is 11.7. The minimum atomic E-state index is -3.25. The molecule has 21 heavy (non-hydrogen) atoms. The van der Waals surface area contributed by atoms with Crippen molar-refractivity contribution in [2.75, 3.05) is 11.0 Å². The van der Waals surface area contributed by atoms with Crippen molar-refractivity contribution < 1.29 is 8.42 Å². The Morgan fingerprint density at radius 2 is 1.81 bits per heavy atom. The summed E-state index contributed by atoms with van der Waals surface area (Å²) in [5, 5.41) is 0. The van der Waals surface area contributed by atoms with Gasteiger partial charge in [-0.15, -0.1) is 0 Å². The maximum absolute atomic E-state index is 11.2. The molecule has 2 aromatic heterocycles. The van der Waals surface area contributed by atoms with Gasteiger partial charge in [0.15, 0.2) is 0 Å². The second-order valence-corrected chi connectivity index (χ2v) is 6.67. The first-order chi connectivity index (χ1) is 9.94. The smallest absolute Gasteiger partial charge is 0.229 e. The van der Waals surface area contributed by atoms with Crippen LogP contribution in [0.1, 0.15) is 5.69 Å². The highest BCUT2D eigenvalue weighted by molar-refractivity contribution is 7.92. The maximum atomic E-state index is 11.2. The largest absolute Gasteiger partial charge is 0.304 e. The second kappa shape index (κ2) is 4.89. The summed E-state index contributed by atoms with van der Waals surface area (Å²) >= 11 is 0. The van der Waals surface area contributed by atoms with Gasteiger partial charge in [0, 0.05) is 23.1 Å². The van der Waals surface area contributed by atoms with E-state index in [9.17, 15) is 8.42 Å². The highest BCUT2D eigenvalue weighted by Crippen LogP contribution is 2.25. The van der Waals surface area contributed by atoms with E-state index in [1.54, 1.807) is 12.1 Å². The van der Waals surface area contributed by atoms with E-state index in [1.165, 1.54) is 0 Å². The molecule has 3 rings (SSSR count). The average Bonchev–Trinajstić information content (AvgIpc) is 2.76. The van der Waals surface area contributed by atoms with E-state index < -0.39 is 10.0 Å². The Morgan fingerprint density at radius 3 is 2.43 bits per heavy atom. The molecule has 0 fully saturated rings. The Labute approximate surface area is 123 Å². The molecule has 3 aromatic rings. The Morgan fingerprint density at radius 1 is 1.10 bits per heavy atom. The van der Waals surface area contributed by atoms with Crippen LogP contribution < -0.4 is 4.72 Å². The Hall–Kier alpha value is -2.34. The van der Waals surface area contributed by atoms with Gasteiger partial charge in [-0.1, -0.05) is 18.2 Å². The quantitative estimate of drug-likeness (QED) is 0.809. The highest BCUT2D eigenvalue weighted by Gasteiger charge is 2.10. The summed E-state index contributed by atoms with van der Waals surface area (Å²) in [6, 6.07) is 13.1. The molecule has 0 saturated heterocycles. The number of fused-ring (bicyclic) bond motifs is 1. The molecule has 0 bridgehead atoms. The molecule has 0 aliphatic heterocycles. The van der Waals surface area contributed by atoms with Crippen molar-refractivity contribution in [2.24, 2.45) is 0 Å². The van der Waals surface area contributed by atoms with Gasteiger partial charge >= 0.3 is 0 Å². The average molecular weight is 301 g/mol. The van der Waals surface area contributed by atoms with Gasteiger partial charge in [0.2, 0.25) is 10.0 Å². The fourth-order valence-corrected chi connectivity index (χ4v) is 2.87. The fraction of sp³-hybridized carbons (Fsp3) is 0.133. The van der Waals surface area contributed by atoms with Crippen LogP contribution in [0.3, 0.4) is 0 Å². The summed E-state index contributed by atoms with van der Waals surface area (Å²) < 4.78 is 26.9. The Balaban J connectivity index is 2.01. The summed E-state index contributed by atoms with van der Waals surface area (Å²) in [4.78, 5) is 4.61. The van der Waals surface area contributed by atoms with Gasteiger partial charge in [0.25, 0.3) is 0 Å². The molecule has 0 amide bonds. The number of imidazole rings is 1. The summed E-state index contributed by atoms with van der Waals surface area (Å²) in [6.07, 6.45) is 3.11. The summed E-state index contributed by atoms with van der Waals surface area (Å²) in [5.41, 5.74) is 4.34. The van der Waals surface area contributed by atoms with Gasteiger partial charge < -0.3 is 4.40 Å². The summed E-state index contributed by atoms with van der Waals surface area (Å²) in [5.74, 6) is 0. The number of rotatable bonds is 3. The standard InChI is InChI=1S/C15H15N3O2S/c1-11-15(16-14-5-3-4-10-18(11)14)12-6-8-13(9-7-12)17-21(2,19)20/h3-10,17H,1-2H3. The predicted molar refractivity (Wildman–Crippen MR) is 83.8 cm³/mol. The lowest BCUT2D eigenvalue weighted by Gasteiger charge is -2.05. The molecule has 5 nitrogen and oxygen atoms in total. The van der Waals surface area contributed by atoms with Crippen molar-refractivity contribution in [1.82, 2.24) is 9.38 Å². The van der Waals surface area contributed by atoms with Crippen molar-refractivity contribution in [3.63, 3.8) is 0 Å². The number of aromatic nitrogens is 2. The summed E-state index contributed by atoms with van der Waals surface area (Å²) in [6.45, 7) is 2.01. The van der Waals surface area contributed by atoms with Crippen LogP contribution in [-0.2, 0) is 10.0 Å². The number of sulfonamides is 1. The Kier molecular flexibility index (Phi) is 3.17. The van der Waals surface area contributed by atoms with Crippen molar-refractivity contribution in [1.29, 1.82) is 0 Å². The number of hydrogen-bond donors (Lipinski definition) is 1. The molecule has 0 aliphatic rings. The first kappa shape index (κ1) is 13.6. The van der Waals surface area contributed by atoms with Crippen LogP contribution in [-0.4, -0.2) is 24.1 Å². The van der Waals surface area contributed by atoms with E-state index in [1.807, 2.05) is 47.9 Å². The fourth-order valence-electron chi connectivity index (χ4n) is 2.30. The van der Waals surface area contributed by atoms with Crippen LogP contribution in [0.5, 0.6) is 0 Å². The zero-order chi connectivity index (χ0) is 15.0. The number of hydrogen-bond acceptors (Lipinski definition) is 3. The molecular weight excluding hydrogens is 286 g/mol. The molecule has 0 unspecified atom stereocenters. The van der Waals surface area contributed by atoms with Gasteiger partial charge in [-0.05, 0) is 31.2 Å². The van der Waals surface area contributed by atoms with Crippen molar-refractivity contribution in [3.05, 3.63) is 54.4 Å². The van der Waals surface area contributed by atoms with Crippen LogP contribution in [0.2, 0.25) is 0 Å². The molecule has 0 spiro atoms. The molecule has 0 saturated carbocycles. The molecular formula is C15H15N3O2S. The van der Waals surface area contributed by atoms with Gasteiger partial charge in [-0.2, -0.15) is 0 Å². The topological polar surface area (TPSA) is 63.5 Å². The molecule has 0 aliphatic carbocycles. The number of nitrogens with zero attached hydrogens (tertiary/aromatic N) is 2. The molecule has 1 aromatic carbocycles. The number of anilines is 1. The normalized spacial score (nSPS) is 11.7. The SMILES string of the molecule is Cc1c(-c2ccc(NS(C)(=O)=O)cc2)nc2ccccn12. The van der Waals surface area contributed by atoms with Crippen LogP contribution in [0.15, 0.2) is 48.7 Å². The molecule has 0 atom stereocenters. The number of nitrogens with one attached hydrogen (secondary N) is 1. The van der Waals surface area contributed by atoms with E-state index in [0.717, 1.165) is 28.9 Å². The number of benzene rings is 1. The molecule has 2 heterocycles. The molecule has 108 valence electrons. The van der Waals surface area contributed by atoms with Gasteiger partial charge in [-0.25, -0.2) is 13.4 Å². The van der Waals surface area contributed by atoms with Crippen molar-refractivity contribution in [3.8, 4) is 11.3 Å².